The Balaban J connectivity index is 2.23. The van der Waals surface area contributed by atoms with Gasteiger partial charge in [-0.3, -0.25) is 9.69 Å². The molecule has 1 aliphatic rings. The highest BCUT2D eigenvalue weighted by Gasteiger charge is 2.44. The summed E-state index contributed by atoms with van der Waals surface area (Å²) in [6, 6.07) is -1.71. The standard InChI is InChI=1S/C20H20F6N2O3/c1-2-31-19(30)12-9-28(10-14(20(24,25)26)27-6-4-3-5-7-27)17-11(18(12)29)8-13(21)15(22)16(17)23/h8-9,14H,2-7,10H2,1H3. The number of ether oxygens (including phenoxy) is 1. The quantitative estimate of drug-likeness (QED) is 0.393. The van der Waals surface area contributed by atoms with Crippen molar-refractivity contribution in [2.45, 2.75) is 44.9 Å². The van der Waals surface area contributed by atoms with Crippen LogP contribution in [0.5, 0.6) is 0 Å². The fraction of sp³-hybridized carbons (Fsp3) is 0.500. The van der Waals surface area contributed by atoms with Crippen LogP contribution in [0.15, 0.2) is 17.1 Å². The second kappa shape index (κ2) is 8.89. The third kappa shape index (κ3) is 4.56. The summed E-state index contributed by atoms with van der Waals surface area (Å²) in [5.41, 5.74) is -2.70. The summed E-state index contributed by atoms with van der Waals surface area (Å²) in [7, 11) is 0. The van der Waals surface area contributed by atoms with E-state index in [1.807, 2.05) is 0 Å². The van der Waals surface area contributed by atoms with E-state index in [1.54, 1.807) is 0 Å². The van der Waals surface area contributed by atoms with Crippen LogP contribution in [0.1, 0.15) is 36.5 Å². The van der Waals surface area contributed by atoms with Crippen molar-refractivity contribution in [2.24, 2.45) is 0 Å². The Bertz CT molecular complexity index is 1040. The molecule has 0 spiro atoms. The lowest BCUT2D eigenvalue weighted by atomic mass is 10.1. The van der Waals surface area contributed by atoms with E-state index in [0.717, 1.165) is 6.42 Å². The number of halogens is 6. The number of carbonyl (C=O) groups is 1. The third-order valence-electron chi connectivity index (χ3n) is 5.27. The first-order valence-electron chi connectivity index (χ1n) is 9.74. The van der Waals surface area contributed by atoms with Crippen LogP contribution < -0.4 is 5.43 Å². The van der Waals surface area contributed by atoms with Gasteiger partial charge in [0.25, 0.3) is 0 Å². The molecule has 0 aliphatic carbocycles. The van der Waals surface area contributed by atoms with Crippen molar-refractivity contribution in [3.63, 3.8) is 0 Å². The summed E-state index contributed by atoms with van der Waals surface area (Å²) in [4.78, 5) is 25.9. The summed E-state index contributed by atoms with van der Waals surface area (Å²) in [6.07, 6.45) is -2.16. The SMILES string of the molecule is CCOC(=O)c1cn(CC(N2CCCCC2)C(F)(F)F)c2c(F)c(F)c(F)cc2c1=O. The van der Waals surface area contributed by atoms with Gasteiger partial charge >= 0.3 is 12.1 Å². The van der Waals surface area contributed by atoms with Crippen LogP contribution in [0.2, 0.25) is 0 Å². The van der Waals surface area contributed by atoms with Crippen LogP contribution in [0.4, 0.5) is 26.3 Å². The highest BCUT2D eigenvalue weighted by atomic mass is 19.4. The van der Waals surface area contributed by atoms with E-state index in [2.05, 4.69) is 0 Å². The molecule has 1 unspecified atom stereocenters. The average Bonchev–Trinajstić information content (AvgIpc) is 2.71. The Morgan fingerprint density at radius 2 is 1.77 bits per heavy atom. The topological polar surface area (TPSA) is 51.5 Å². The first-order valence-corrected chi connectivity index (χ1v) is 9.74. The molecule has 1 saturated heterocycles. The molecular weight excluding hydrogens is 430 g/mol. The molecule has 5 nitrogen and oxygen atoms in total. The molecule has 0 radical (unpaired) electrons. The second-order valence-electron chi connectivity index (χ2n) is 7.28. The second-order valence-corrected chi connectivity index (χ2v) is 7.28. The summed E-state index contributed by atoms with van der Waals surface area (Å²) in [5, 5.41) is -0.749. The Morgan fingerprint density at radius 1 is 1.13 bits per heavy atom. The molecule has 0 saturated carbocycles. The minimum absolute atomic E-state index is 0.137. The van der Waals surface area contributed by atoms with E-state index < -0.39 is 64.1 Å². The Kier molecular flexibility index (Phi) is 6.63. The summed E-state index contributed by atoms with van der Waals surface area (Å²) < 4.78 is 89.2. The smallest absolute Gasteiger partial charge is 0.405 e. The largest absolute Gasteiger partial charge is 0.462 e. The van der Waals surface area contributed by atoms with Crippen molar-refractivity contribution in [2.75, 3.05) is 19.7 Å². The van der Waals surface area contributed by atoms with Gasteiger partial charge in [-0.15, -0.1) is 0 Å². The normalized spacial score (nSPS) is 16.5. The van der Waals surface area contributed by atoms with Gasteiger partial charge in [-0.1, -0.05) is 6.42 Å². The summed E-state index contributed by atoms with van der Waals surface area (Å²) in [6.45, 7) is 0.690. The van der Waals surface area contributed by atoms with E-state index >= 15 is 0 Å². The predicted molar refractivity (Wildman–Crippen MR) is 99.3 cm³/mol. The van der Waals surface area contributed by atoms with Crippen molar-refractivity contribution >= 4 is 16.9 Å². The molecule has 1 aliphatic heterocycles. The Labute approximate surface area is 173 Å². The number of carbonyl (C=O) groups excluding carboxylic acids is 1. The molecule has 2 aromatic rings. The Hall–Kier alpha value is -2.56. The lowest BCUT2D eigenvalue weighted by molar-refractivity contribution is -0.189. The molecule has 0 N–H and O–H groups in total. The average molecular weight is 450 g/mol. The maximum absolute atomic E-state index is 14.6. The fourth-order valence-electron chi connectivity index (χ4n) is 3.80. The number of hydrogen-bond acceptors (Lipinski definition) is 4. The van der Waals surface area contributed by atoms with E-state index in [4.69, 9.17) is 4.74 Å². The number of nitrogens with zero attached hydrogens (tertiary/aromatic N) is 2. The molecule has 1 aromatic carbocycles. The van der Waals surface area contributed by atoms with Crippen LogP contribution in [0.3, 0.4) is 0 Å². The van der Waals surface area contributed by atoms with Crippen LogP contribution in [-0.2, 0) is 11.3 Å². The number of likely N-dealkylation sites (tertiary alicyclic amines) is 1. The minimum Gasteiger partial charge on any atom is -0.462 e. The van der Waals surface area contributed by atoms with Crippen LogP contribution in [0.25, 0.3) is 10.9 Å². The zero-order chi connectivity index (χ0) is 22.9. The first-order chi connectivity index (χ1) is 14.6. The lowest BCUT2D eigenvalue weighted by Gasteiger charge is -2.36. The van der Waals surface area contributed by atoms with E-state index in [1.165, 1.54) is 11.8 Å². The number of alkyl halides is 3. The molecule has 1 fully saturated rings. The predicted octanol–water partition coefficient (Wildman–Crippen LogP) is 4.01. The van der Waals surface area contributed by atoms with Gasteiger partial charge in [-0.25, -0.2) is 18.0 Å². The Morgan fingerprint density at radius 3 is 2.35 bits per heavy atom. The molecule has 0 bridgehead atoms. The van der Waals surface area contributed by atoms with E-state index in [9.17, 15) is 35.9 Å². The van der Waals surface area contributed by atoms with Crippen LogP contribution in [-0.4, -0.2) is 47.4 Å². The van der Waals surface area contributed by atoms with Gasteiger partial charge in [-0.05, 0) is 38.9 Å². The maximum atomic E-state index is 14.6. The van der Waals surface area contributed by atoms with Gasteiger partial charge in [0.1, 0.15) is 11.6 Å². The maximum Gasteiger partial charge on any atom is 0.405 e. The van der Waals surface area contributed by atoms with Gasteiger partial charge in [0.05, 0.1) is 17.5 Å². The zero-order valence-corrected chi connectivity index (χ0v) is 16.6. The number of benzene rings is 1. The van der Waals surface area contributed by atoms with Crippen molar-refractivity contribution in [3.05, 3.63) is 45.5 Å². The number of piperidine rings is 1. The molecule has 11 heteroatoms. The van der Waals surface area contributed by atoms with Crippen molar-refractivity contribution in [1.82, 2.24) is 9.47 Å². The molecule has 3 rings (SSSR count). The lowest BCUT2D eigenvalue weighted by Crippen LogP contribution is -2.50. The number of aromatic nitrogens is 1. The molecular formula is C20H20F6N2O3. The number of esters is 1. The van der Waals surface area contributed by atoms with Crippen molar-refractivity contribution in [3.8, 4) is 0 Å². The molecule has 170 valence electrons. The van der Waals surface area contributed by atoms with Gasteiger partial charge in [0, 0.05) is 12.7 Å². The minimum atomic E-state index is -4.73. The van der Waals surface area contributed by atoms with Crippen LogP contribution >= 0.6 is 0 Å². The van der Waals surface area contributed by atoms with Gasteiger partial charge < -0.3 is 9.30 Å². The zero-order valence-electron chi connectivity index (χ0n) is 16.6. The molecule has 31 heavy (non-hydrogen) atoms. The summed E-state index contributed by atoms with van der Waals surface area (Å²) >= 11 is 0. The summed E-state index contributed by atoms with van der Waals surface area (Å²) in [5.74, 6) is -6.58. The van der Waals surface area contributed by atoms with Gasteiger partial charge in [0.15, 0.2) is 17.5 Å². The van der Waals surface area contributed by atoms with Crippen molar-refractivity contribution in [1.29, 1.82) is 0 Å². The van der Waals surface area contributed by atoms with Crippen molar-refractivity contribution < 1.29 is 35.9 Å². The first kappa shape index (κ1) is 23.1. The fourth-order valence-corrected chi connectivity index (χ4v) is 3.80. The number of rotatable bonds is 5. The van der Waals surface area contributed by atoms with Gasteiger partial charge in [-0.2, -0.15) is 13.2 Å². The highest BCUT2D eigenvalue weighted by molar-refractivity contribution is 5.94. The molecule has 0 amide bonds. The van der Waals surface area contributed by atoms with E-state index in [0.29, 0.717) is 29.7 Å². The van der Waals surface area contributed by atoms with E-state index in [-0.39, 0.29) is 19.7 Å². The number of pyridine rings is 1. The van der Waals surface area contributed by atoms with Gasteiger partial charge in [0.2, 0.25) is 5.43 Å². The third-order valence-corrected chi connectivity index (χ3v) is 5.27. The number of hydrogen-bond donors (Lipinski definition) is 0. The monoisotopic (exact) mass is 450 g/mol. The molecule has 2 heterocycles. The molecule has 1 aromatic heterocycles. The highest BCUT2D eigenvalue weighted by Crippen LogP contribution is 2.30. The van der Waals surface area contributed by atoms with Crippen LogP contribution in [0, 0.1) is 17.5 Å². The molecule has 1 atom stereocenters. The number of fused-ring (bicyclic) bond motifs is 1.